The number of halogens is 1. The summed E-state index contributed by atoms with van der Waals surface area (Å²) in [5.74, 6) is -2.32. The zero-order chi connectivity index (χ0) is 16.2. The fourth-order valence-corrected chi connectivity index (χ4v) is 2.89. The molecule has 8 heteroatoms. The number of carboxylic acids is 1. The number of benzene rings is 1. The molecule has 1 unspecified atom stereocenters. The molecule has 114 valence electrons. The number of rotatable bonds is 6. The molecule has 0 saturated carbocycles. The van der Waals surface area contributed by atoms with Gasteiger partial charge in [0.05, 0.1) is 10.5 Å². The summed E-state index contributed by atoms with van der Waals surface area (Å²) in [5, 5.41) is 17.6. The standard InChI is InChI=1S/C13H15FN2O4S/c1-8(2)5-12(13(17)18)16-21(19,20)10-4-3-9(7-15)11(14)6-10/h3-4,6,8,12,16H,5H2,1-2H3,(H,17,18). The zero-order valence-corrected chi connectivity index (χ0v) is 12.3. The minimum atomic E-state index is -4.18. The number of carboxylic acid groups (broad SMARTS) is 1. The largest absolute Gasteiger partial charge is 0.480 e. The number of nitrogens with zero attached hydrogens (tertiary/aromatic N) is 1. The molecular weight excluding hydrogens is 299 g/mol. The summed E-state index contributed by atoms with van der Waals surface area (Å²) < 4.78 is 39.6. The van der Waals surface area contributed by atoms with Gasteiger partial charge in [0.15, 0.2) is 0 Å². The third-order valence-corrected chi connectivity index (χ3v) is 4.14. The van der Waals surface area contributed by atoms with Gasteiger partial charge in [-0.2, -0.15) is 9.98 Å². The molecule has 0 amide bonds. The van der Waals surface area contributed by atoms with Gasteiger partial charge in [0, 0.05) is 0 Å². The first-order valence-electron chi connectivity index (χ1n) is 6.12. The van der Waals surface area contributed by atoms with Crippen LogP contribution in [0.4, 0.5) is 4.39 Å². The van der Waals surface area contributed by atoms with E-state index in [1.54, 1.807) is 19.9 Å². The first-order chi connectivity index (χ1) is 9.67. The third-order valence-electron chi connectivity index (χ3n) is 2.67. The van der Waals surface area contributed by atoms with Gasteiger partial charge in [-0.25, -0.2) is 12.8 Å². The average Bonchev–Trinajstić information content (AvgIpc) is 2.36. The van der Waals surface area contributed by atoms with E-state index in [0.29, 0.717) is 6.07 Å². The van der Waals surface area contributed by atoms with Crippen LogP contribution in [0.5, 0.6) is 0 Å². The van der Waals surface area contributed by atoms with Gasteiger partial charge in [-0.15, -0.1) is 0 Å². The highest BCUT2D eigenvalue weighted by atomic mass is 32.2. The highest BCUT2D eigenvalue weighted by molar-refractivity contribution is 7.89. The fraction of sp³-hybridized carbons (Fsp3) is 0.385. The number of carbonyl (C=O) groups is 1. The Morgan fingerprint density at radius 3 is 2.52 bits per heavy atom. The average molecular weight is 314 g/mol. The Bertz CT molecular complexity index is 680. The van der Waals surface area contributed by atoms with Gasteiger partial charge in [-0.05, 0) is 30.5 Å². The molecule has 0 fully saturated rings. The van der Waals surface area contributed by atoms with Crippen LogP contribution in [0, 0.1) is 23.1 Å². The van der Waals surface area contributed by atoms with Crippen LogP contribution in [0.1, 0.15) is 25.8 Å². The highest BCUT2D eigenvalue weighted by Crippen LogP contribution is 2.16. The Morgan fingerprint density at radius 1 is 1.48 bits per heavy atom. The van der Waals surface area contributed by atoms with Crippen molar-refractivity contribution in [3.8, 4) is 6.07 Å². The van der Waals surface area contributed by atoms with E-state index in [1.807, 2.05) is 4.72 Å². The van der Waals surface area contributed by atoms with Gasteiger partial charge in [0.2, 0.25) is 10.0 Å². The van der Waals surface area contributed by atoms with E-state index in [1.165, 1.54) is 0 Å². The Labute approximate surface area is 122 Å². The van der Waals surface area contributed by atoms with Gasteiger partial charge >= 0.3 is 5.97 Å². The maximum atomic E-state index is 13.5. The Hall–Kier alpha value is -1.98. The molecule has 0 saturated heterocycles. The highest BCUT2D eigenvalue weighted by Gasteiger charge is 2.26. The second-order valence-electron chi connectivity index (χ2n) is 4.90. The molecule has 0 aliphatic heterocycles. The molecule has 6 nitrogen and oxygen atoms in total. The van der Waals surface area contributed by atoms with Crippen molar-refractivity contribution in [2.75, 3.05) is 0 Å². The van der Waals surface area contributed by atoms with Crippen LogP contribution in [-0.4, -0.2) is 25.5 Å². The molecule has 0 aliphatic rings. The monoisotopic (exact) mass is 314 g/mol. The van der Waals surface area contributed by atoms with Crippen molar-refractivity contribution in [2.24, 2.45) is 5.92 Å². The van der Waals surface area contributed by atoms with Crippen LogP contribution in [0.25, 0.3) is 0 Å². The SMILES string of the molecule is CC(C)CC(NS(=O)(=O)c1ccc(C#N)c(F)c1)C(=O)O. The molecule has 0 spiro atoms. The lowest BCUT2D eigenvalue weighted by atomic mass is 10.1. The Kier molecular flexibility index (Phi) is 5.41. The molecular formula is C13H15FN2O4S. The first kappa shape index (κ1) is 17.1. The van der Waals surface area contributed by atoms with Crippen LogP contribution in [0.2, 0.25) is 0 Å². The zero-order valence-electron chi connectivity index (χ0n) is 11.5. The summed E-state index contributed by atoms with van der Waals surface area (Å²) in [6.07, 6.45) is 0.104. The molecule has 0 heterocycles. The van der Waals surface area contributed by atoms with E-state index in [4.69, 9.17) is 10.4 Å². The predicted octanol–water partition coefficient (Wildman–Crippen LogP) is 1.47. The van der Waals surface area contributed by atoms with Crippen molar-refractivity contribution in [3.05, 3.63) is 29.6 Å². The van der Waals surface area contributed by atoms with Crippen LogP contribution < -0.4 is 4.72 Å². The van der Waals surface area contributed by atoms with Crippen LogP contribution in [0.3, 0.4) is 0 Å². The summed E-state index contributed by atoms with van der Waals surface area (Å²) in [4.78, 5) is 10.6. The van der Waals surface area contributed by atoms with E-state index >= 15 is 0 Å². The first-order valence-corrected chi connectivity index (χ1v) is 7.60. The third kappa shape index (κ3) is 4.51. The smallest absolute Gasteiger partial charge is 0.321 e. The van der Waals surface area contributed by atoms with Crippen molar-refractivity contribution < 1.29 is 22.7 Å². The number of nitriles is 1. The lowest BCUT2D eigenvalue weighted by Gasteiger charge is -2.16. The maximum absolute atomic E-state index is 13.5. The predicted molar refractivity (Wildman–Crippen MR) is 72.3 cm³/mol. The van der Waals surface area contributed by atoms with E-state index < -0.39 is 32.7 Å². The topological polar surface area (TPSA) is 107 Å². The molecule has 0 aromatic heterocycles. The summed E-state index contributed by atoms with van der Waals surface area (Å²) in [6, 6.07) is 3.05. The molecule has 1 aromatic carbocycles. The van der Waals surface area contributed by atoms with E-state index in [9.17, 15) is 17.6 Å². The van der Waals surface area contributed by atoms with Crippen molar-refractivity contribution in [1.82, 2.24) is 4.72 Å². The summed E-state index contributed by atoms with van der Waals surface area (Å²) in [7, 11) is -4.18. The van der Waals surface area contributed by atoms with Gasteiger partial charge in [0.25, 0.3) is 0 Å². The van der Waals surface area contributed by atoms with Gasteiger partial charge in [-0.1, -0.05) is 13.8 Å². The minimum Gasteiger partial charge on any atom is -0.480 e. The van der Waals surface area contributed by atoms with Crippen LogP contribution in [0.15, 0.2) is 23.1 Å². The summed E-state index contributed by atoms with van der Waals surface area (Å²) in [5.41, 5.74) is -0.286. The number of hydrogen-bond acceptors (Lipinski definition) is 4. The molecule has 0 aliphatic carbocycles. The minimum absolute atomic E-state index is 0.0356. The molecule has 1 aromatic rings. The number of hydrogen-bond donors (Lipinski definition) is 2. The summed E-state index contributed by atoms with van der Waals surface area (Å²) >= 11 is 0. The quantitative estimate of drug-likeness (QED) is 0.827. The van der Waals surface area contributed by atoms with Crippen molar-refractivity contribution in [3.63, 3.8) is 0 Å². The van der Waals surface area contributed by atoms with Gasteiger partial charge in [-0.3, -0.25) is 4.79 Å². The Morgan fingerprint density at radius 2 is 2.10 bits per heavy atom. The molecule has 21 heavy (non-hydrogen) atoms. The van der Waals surface area contributed by atoms with Crippen molar-refractivity contribution in [1.29, 1.82) is 5.26 Å². The van der Waals surface area contributed by atoms with Crippen molar-refractivity contribution in [2.45, 2.75) is 31.2 Å². The second kappa shape index (κ2) is 6.65. The van der Waals surface area contributed by atoms with Crippen LogP contribution >= 0.6 is 0 Å². The van der Waals surface area contributed by atoms with Crippen LogP contribution in [-0.2, 0) is 14.8 Å². The van der Waals surface area contributed by atoms with E-state index in [-0.39, 0.29) is 17.9 Å². The number of nitrogens with one attached hydrogen (secondary N) is 1. The maximum Gasteiger partial charge on any atom is 0.321 e. The molecule has 0 radical (unpaired) electrons. The Balaban J connectivity index is 3.08. The molecule has 1 atom stereocenters. The van der Waals surface area contributed by atoms with Gasteiger partial charge in [0.1, 0.15) is 17.9 Å². The lowest BCUT2D eigenvalue weighted by Crippen LogP contribution is -2.41. The molecule has 1 rings (SSSR count). The van der Waals surface area contributed by atoms with Crippen molar-refractivity contribution >= 4 is 16.0 Å². The number of sulfonamides is 1. The molecule has 2 N–H and O–H groups in total. The fourth-order valence-electron chi connectivity index (χ4n) is 1.68. The van der Waals surface area contributed by atoms with E-state index in [0.717, 1.165) is 12.1 Å². The van der Waals surface area contributed by atoms with E-state index in [2.05, 4.69) is 0 Å². The number of aliphatic carboxylic acids is 1. The normalized spacial score (nSPS) is 12.9. The molecule has 0 bridgehead atoms. The summed E-state index contributed by atoms with van der Waals surface area (Å²) in [6.45, 7) is 3.51. The lowest BCUT2D eigenvalue weighted by molar-refractivity contribution is -0.139. The second-order valence-corrected chi connectivity index (χ2v) is 6.61. The van der Waals surface area contributed by atoms with Gasteiger partial charge < -0.3 is 5.11 Å².